The molecule has 1 heterocycles. The van der Waals surface area contributed by atoms with Crippen LogP contribution in [0.2, 0.25) is 5.02 Å². The van der Waals surface area contributed by atoms with Gasteiger partial charge in [0.1, 0.15) is 5.82 Å². The van der Waals surface area contributed by atoms with E-state index in [1.54, 1.807) is 19.2 Å². The molecule has 0 unspecified atom stereocenters. The van der Waals surface area contributed by atoms with E-state index in [0.717, 1.165) is 30.5 Å². The zero-order valence-corrected chi connectivity index (χ0v) is 12.6. The Hall–Kier alpha value is -2.01. The van der Waals surface area contributed by atoms with E-state index in [1.165, 1.54) is 7.11 Å². The molecule has 0 bridgehead atoms. The number of hydrogen-bond acceptors (Lipinski definition) is 4. The van der Waals surface area contributed by atoms with Crippen molar-refractivity contribution in [3.63, 3.8) is 0 Å². The van der Waals surface area contributed by atoms with Crippen molar-refractivity contribution in [1.29, 1.82) is 0 Å². The summed E-state index contributed by atoms with van der Waals surface area (Å²) in [5.41, 5.74) is 2.19. The number of nitrogens with zero attached hydrogens (tertiary/aromatic N) is 1. The normalized spacial score (nSPS) is 13.1. The van der Waals surface area contributed by atoms with Gasteiger partial charge in [-0.2, -0.15) is 0 Å². The summed E-state index contributed by atoms with van der Waals surface area (Å²) >= 11 is 6.36. The van der Waals surface area contributed by atoms with Crippen LogP contribution in [0.4, 0.5) is 0 Å². The first-order valence-electron chi connectivity index (χ1n) is 6.68. The van der Waals surface area contributed by atoms with Crippen molar-refractivity contribution in [2.45, 2.75) is 19.3 Å². The molecule has 1 N–H and O–H groups in total. The molecule has 0 atom stereocenters. The third-order valence-electron chi connectivity index (χ3n) is 3.68. The van der Waals surface area contributed by atoms with E-state index in [9.17, 15) is 4.79 Å². The summed E-state index contributed by atoms with van der Waals surface area (Å²) in [7, 11) is 3.07. The van der Waals surface area contributed by atoms with Gasteiger partial charge in [0.2, 0.25) is 0 Å². The van der Waals surface area contributed by atoms with Crippen LogP contribution in [-0.2, 0) is 12.8 Å². The molecule has 0 aliphatic heterocycles. The first kappa shape index (κ1) is 13.9. The minimum Gasteiger partial charge on any atom is -0.493 e. The second kappa shape index (κ2) is 5.41. The summed E-state index contributed by atoms with van der Waals surface area (Å²) in [6.07, 6.45) is 2.59. The van der Waals surface area contributed by atoms with Gasteiger partial charge in [0, 0.05) is 11.1 Å². The lowest BCUT2D eigenvalue weighted by atomic mass is 10.1. The molecular formula is C15H15ClN2O3. The number of rotatable bonds is 3. The third-order valence-corrected chi connectivity index (χ3v) is 4.06. The molecule has 0 spiro atoms. The average molecular weight is 307 g/mol. The number of H-pyrrole nitrogens is 1. The molecule has 0 saturated heterocycles. The molecule has 5 nitrogen and oxygen atoms in total. The predicted molar refractivity (Wildman–Crippen MR) is 80.4 cm³/mol. The molecule has 1 aromatic carbocycles. The van der Waals surface area contributed by atoms with Crippen molar-refractivity contribution in [3.8, 4) is 22.9 Å². The minimum absolute atomic E-state index is 0.0849. The van der Waals surface area contributed by atoms with Crippen molar-refractivity contribution < 1.29 is 9.47 Å². The molecule has 1 aliphatic carbocycles. The third kappa shape index (κ3) is 2.27. The van der Waals surface area contributed by atoms with Crippen molar-refractivity contribution in [3.05, 3.63) is 38.8 Å². The number of benzene rings is 1. The number of ether oxygens (including phenoxy) is 2. The average Bonchev–Trinajstić information content (AvgIpc) is 2.95. The number of hydrogen-bond donors (Lipinski definition) is 1. The maximum atomic E-state index is 12.1. The summed E-state index contributed by atoms with van der Waals surface area (Å²) < 4.78 is 10.5. The van der Waals surface area contributed by atoms with E-state index >= 15 is 0 Å². The maximum Gasteiger partial charge on any atom is 0.254 e. The van der Waals surface area contributed by atoms with Crippen LogP contribution in [0.25, 0.3) is 11.4 Å². The Morgan fingerprint density at radius 3 is 2.76 bits per heavy atom. The lowest BCUT2D eigenvalue weighted by Crippen LogP contribution is -2.15. The van der Waals surface area contributed by atoms with Gasteiger partial charge in [-0.3, -0.25) is 4.79 Å². The van der Waals surface area contributed by atoms with Gasteiger partial charge in [-0.25, -0.2) is 4.98 Å². The van der Waals surface area contributed by atoms with E-state index in [4.69, 9.17) is 21.1 Å². The number of methoxy groups -OCH3 is 2. The number of fused-ring (bicyclic) bond motifs is 1. The van der Waals surface area contributed by atoms with Gasteiger partial charge >= 0.3 is 0 Å². The highest BCUT2D eigenvalue weighted by atomic mass is 35.5. The molecule has 0 radical (unpaired) electrons. The molecule has 21 heavy (non-hydrogen) atoms. The molecule has 6 heteroatoms. The zero-order valence-electron chi connectivity index (χ0n) is 11.8. The fourth-order valence-corrected chi connectivity index (χ4v) is 2.96. The van der Waals surface area contributed by atoms with E-state index in [0.29, 0.717) is 27.9 Å². The van der Waals surface area contributed by atoms with E-state index < -0.39 is 0 Å². The van der Waals surface area contributed by atoms with E-state index in [2.05, 4.69) is 9.97 Å². The first-order chi connectivity index (χ1) is 10.2. The van der Waals surface area contributed by atoms with Crippen LogP contribution in [0.5, 0.6) is 11.5 Å². The molecule has 0 amide bonds. The van der Waals surface area contributed by atoms with Crippen LogP contribution in [-0.4, -0.2) is 24.2 Å². The lowest BCUT2D eigenvalue weighted by molar-refractivity contribution is 0.355. The number of halogens is 1. The van der Waals surface area contributed by atoms with Crippen LogP contribution in [0, 0.1) is 0 Å². The van der Waals surface area contributed by atoms with Crippen LogP contribution in [0.15, 0.2) is 16.9 Å². The van der Waals surface area contributed by atoms with Crippen molar-refractivity contribution in [1.82, 2.24) is 9.97 Å². The molecular weight excluding hydrogens is 292 g/mol. The Bertz CT molecular complexity index is 755. The molecule has 1 aliphatic rings. The van der Waals surface area contributed by atoms with Gasteiger partial charge in [0.05, 0.1) is 24.9 Å². The fourth-order valence-electron chi connectivity index (χ4n) is 2.64. The topological polar surface area (TPSA) is 64.2 Å². The molecule has 1 aromatic heterocycles. The Kier molecular flexibility index (Phi) is 3.59. The first-order valence-corrected chi connectivity index (χ1v) is 7.06. The number of aromatic amines is 1. The van der Waals surface area contributed by atoms with Crippen LogP contribution in [0.1, 0.15) is 17.7 Å². The number of aromatic nitrogens is 2. The van der Waals surface area contributed by atoms with E-state index in [1.807, 2.05) is 0 Å². The fraction of sp³-hybridized carbons (Fsp3) is 0.333. The molecule has 110 valence electrons. The van der Waals surface area contributed by atoms with Crippen molar-refractivity contribution in [2.75, 3.05) is 14.2 Å². The van der Waals surface area contributed by atoms with Gasteiger partial charge in [-0.05, 0) is 31.4 Å². The number of aryl methyl sites for hydroxylation is 1. The Balaban J connectivity index is 2.18. The summed E-state index contributed by atoms with van der Waals surface area (Å²) in [5, 5.41) is 0.373. The van der Waals surface area contributed by atoms with Gasteiger partial charge < -0.3 is 14.5 Å². The van der Waals surface area contributed by atoms with Gasteiger partial charge in [-0.1, -0.05) is 11.6 Å². The highest BCUT2D eigenvalue weighted by Crippen LogP contribution is 2.40. The Morgan fingerprint density at radius 1 is 1.24 bits per heavy atom. The lowest BCUT2D eigenvalue weighted by Gasteiger charge is -2.12. The van der Waals surface area contributed by atoms with Crippen LogP contribution in [0.3, 0.4) is 0 Å². The van der Waals surface area contributed by atoms with Gasteiger partial charge in [0.15, 0.2) is 11.5 Å². The summed E-state index contributed by atoms with van der Waals surface area (Å²) in [6.45, 7) is 0. The van der Waals surface area contributed by atoms with Crippen molar-refractivity contribution in [2.24, 2.45) is 0 Å². The second-order valence-electron chi connectivity index (χ2n) is 4.86. The quantitative estimate of drug-likeness (QED) is 0.946. The van der Waals surface area contributed by atoms with Gasteiger partial charge in [-0.15, -0.1) is 0 Å². The molecule has 0 fully saturated rings. The maximum absolute atomic E-state index is 12.1. The highest BCUT2D eigenvalue weighted by molar-refractivity contribution is 6.35. The minimum atomic E-state index is -0.0849. The molecule has 0 saturated carbocycles. The monoisotopic (exact) mass is 306 g/mol. The largest absolute Gasteiger partial charge is 0.493 e. The zero-order chi connectivity index (χ0) is 15.0. The highest BCUT2D eigenvalue weighted by Gasteiger charge is 2.20. The predicted octanol–water partition coefficient (Wildman–Crippen LogP) is 2.60. The Morgan fingerprint density at radius 2 is 2.05 bits per heavy atom. The standard InChI is InChI=1S/C15H15ClN2O3/c1-20-11-7-6-9(12(16)13(11)21-2)14-17-10-5-3-4-8(10)15(19)18-14/h6-7H,3-5H2,1-2H3,(H,17,18,19). The Labute approximate surface area is 126 Å². The smallest absolute Gasteiger partial charge is 0.254 e. The summed E-state index contributed by atoms with van der Waals surface area (Å²) in [6, 6.07) is 3.51. The van der Waals surface area contributed by atoms with Crippen LogP contribution < -0.4 is 15.0 Å². The molecule has 3 rings (SSSR count). The SMILES string of the molecule is COc1ccc(-c2nc3c(c(=O)[nH]2)CCC3)c(Cl)c1OC. The molecule has 2 aromatic rings. The van der Waals surface area contributed by atoms with Crippen LogP contribution >= 0.6 is 11.6 Å². The summed E-state index contributed by atoms with van der Waals surface area (Å²) in [5.74, 6) is 1.43. The van der Waals surface area contributed by atoms with Crippen molar-refractivity contribution >= 4 is 11.6 Å². The number of nitrogens with one attached hydrogen (secondary N) is 1. The summed E-state index contributed by atoms with van der Waals surface area (Å²) in [4.78, 5) is 19.4. The van der Waals surface area contributed by atoms with E-state index in [-0.39, 0.29) is 5.56 Å². The van der Waals surface area contributed by atoms with Gasteiger partial charge in [0.25, 0.3) is 5.56 Å². The second-order valence-corrected chi connectivity index (χ2v) is 5.23.